The summed E-state index contributed by atoms with van der Waals surface area (Å²) in [6, 6.07) is 16.8. The Hall–Kier alpha value is -1.46. The van der Waals surface area contributed by atoms with Gasteiger partial charge in [-0.3, -0.25) is 4.90 Å². The predicted molar refractivity (Wildman–Crippen MR) is 127 cm³/mol. The van der Waals surface area contributed by atoms with Crippen LogP contribution in [0.4, 0.5) is 4.39 Å². The summed E-state index contributed by atoms with van der Waals surface area (Å²) in [5, 5.41) is 12.2. The predicted octanol–water partition coefficient (Wildman–Crippen LogP) is 5.91. The van der Waals surface area contributed by atoms with Crippen molar-refractivity contribution < 1.29 is 14.2 Å². The molecule has 1 saturated heterocycles. The van der Waals surface area contributed by atoms with Gasteiger partial charge >= 0.3 is 0 Å². The van der Waals surface area contributed by atoms with Gasteiger partial charge in [0.25, 0.3) is 0 Å². The second kappa shape index (κ2) is 13.2. The van der Waals surface area contributed by atoms with E-state index in [1.807, 2.05) is 18.2 Å². The Balaban J connectivity index is 0.00000341. The third kappa shape index (κ3) is 7.28. The molecule has 0 aliphatic carbocycles. The minimum Gasteiger partial charge on any atom is -0.384 e. The van der Waals surface area contributed by atoms with Crippen LogP contribution in [0, 0.1) is 5.82 Å². The van der Waals surface area contributed by atoms with Crippen LogP contribution in [-0.4, -0.2) is 42.9 Å². The summed E-state index contributed by atoms with van der Waals surface area (Å²) in [7, 11) is 0. The third-order valence-electron chi connectivity index (χ3n) is 6.33. The molecule has 31 heavy (non-hydrogen) atoms. The fraction of sp³-hybridized carbons (Fsp3) is 0.538. The first-order valence-electron chi connectivity index (χ1n) is 11.5. The van der Waals surface area contributed by atoms with Crippen molar-refractivity contribution in [2.75, 3.05) is 32.8 Å². The molecule has 1 aliphatic rings. The van der Waals surface area contributed by atoms with E-state index < -0.39 is 5.60 Å². The van der Waals surface area contributed by atoms with Crippen LogP contribution in [0.3, 0.4) is 0 Å². The number of unbranched alkanes of at least 4 members (excludes halogenated alkanes) is 4. The Bertz CT molecular complexity index is 737. The van der Waals surface area contributed by atoms with E-state index in [1.165, 1.54) is 31.4 Å². The van der Waals surface area contributed by atoms with Crippen LogP contribution < -0.4 is 0 Å². The molecule has 1 heterocycles. The van der Waals surface area contributed by atoms with Gasteiger partial charge < -0.3 is 9.84 Å². The minimum absolute atomic E-state index is 0. The van der Waals surface area contributed by atoms with Gasteiger partial charge in [-0.2, -0.15) is 0 Å². The van der Waals surface area contributed by atoms with Crippen molar-refractivity contribution in [1.29, 1.82) is 0 Å². The summed E-state index contributed by atoms with van der Waals surface area (Å²) in [5.74, 6) is -0.359. The van der Waals surface area contributed by atoms with E-state index in [0.29, 0.717) is 6.42 Å². The Kier molecular flexibility index (Phi) is 11.0. The summed E-state index contributed by atoms with van der Waals surface area (Å²) in [6.45, 7) is 6.18. The number of hydrogen-bond donors (Lipinski definition) is 1. The van der Waals surface area contributed by atoms with Gasteiger partial charge in [-0.25, -0.2) is 4.39 Å². The van der Waals surface area contributed by atoms with Crippen molar-refractivity contribution in [3.05, 3.63) is 71.5 Å². The molecule has 2 unspecified atom stereocenters. The highest BCUT2D eigenvalue weighted by Crippen LogP contribution is 2.42. The fourth-order valence-corrected chi connectivity index (χ4v) is 4.52. The zero-order valence-electron chi connectivity index (χ0n) is 18.6. The fourth-order valence-electron chi connectivity index (χ4n) is 4.52. The molecule has 2 atom stereocenters. The molecule has 5 heteroatoms. The number of rotatable bonds is 11. The average Bonchev–Trinajstić information content (AvgIpc) is 2.79. The summed E-state index contributed by atoms with van der Waals surface area (Å²) >= 11 is 0. The lowest BCUT2D eigenvalue weighted by Gasteiger charge is -2.41. The maximum absolute atomic E-state index is 13.7. The maximum Gasteiger partial charge on any atom is 0.123 e. The number of benzene rings is 2. The van der Waals surface area contributed by atoms with Gasteiger partial charge in [0.15, 0.2) is 0 Å². The Morgan fingerprint density at radius 2 is 1.61 bits per heavy atom. The van der Waals surface area contributed by atoms with Crippen LogP contribution in [0.5, 0.6) is 0 Å². The van der Waals surface area contributed by atoms with E-state index in [2.05, 4.69) is 24.0 Å². The molecule has 1 fully saturated rings. The van der Waals surface area contributed by atoms with Crippen LogP contribution in [-0.2, 0) is 10.3 Å². The Morgan fingerprint density at radius 3 is 2.26 bits per heavy atom. The van der Waals surface area contributed by atoms with Gasteiger partial charge in [-0.15, -0.1) is 12.4 Å². The average molecular weight is 450 g/mol. The zero-order valence-corrected chi connectivity index (χ0v) is 19.5. The highest BCUT2D eigenvalue weighted by Gasteiger charge is 2.40. The van der Waals surface area contributed by atoms with Gasteiger partial charge in [-0.05, 0) is 29.7 Å². The van der Waals surface area contributed by atoms with Crippen LogP contribution in [0.2, 0.25) is 0 Å². The first kappa shape index (κ1) is 25.8. The van der Waals surface area contributed by atoms with E-state index >= 15 is 0 Å². The topological polar surface area (TPSA) is 32.7 Å². The number of aliphatic hydroxyl groups is 1. The van der Waals surface area contributed by atoms with Crippen molar-refractivity contribution in [1.82, 2.24) is 4.90 Å². The maximum atomic E-state index is 13.7. The van der Waals surface area contributed by atoms with E-state index in [-0.39, 0.29) is 24.1 Å². The summed E-state index contributed by atoms with van der Waals surface area (Å²) in [6.07, 6.45) is 6.36. The van der Waals surface area contributed by atoms with E-state index in [0.717, 1.165) is 56.8 Å². The number of ether oxygens (including phenoxy) is 1. The van der Waals surface area contributed by atoms with Gasteiger partial charge in [0, 0.05) is 25.6 Å². The van der Waals surface area contributed by atoms with Crippen LogP contribution in [0.25, 0.3) is 0 Å². The van der Waals surface area contributed by atoms with E-state index in [4.69, 9.17) is 4.74 Å². The molecule has 2 aromatic rings. The minimum atomic E-state index is -1.04. The van der Waals surface area contributed by atoms with Crippen LogP contribution in [0.1, 0.15) is 62.5 Å². The van der Waals surface area contributed by atoms with Crippen molar-refractivity contribution in [2.45, 2.75) is 57.0 Å². The van der Waals surface area contributed by atoms with Gasteiger partial charge in [-0.1, -0.05) is 81.5 Å². The molecule has 1 N–H and O–H groups in total. The number of hydrogen-bond acceptors (Lipinski definition) is 3. The first-order valence-corrected chi connectivity index (χ1v) is 11.5. The van der Waals surface area contributed by atoms with Gasteiger partial charge in [0.05, 0.1) is 18.8 Å². The molecule has 0 radical (unpaired) electrons. The molecular formula is C26H37ClFNO2. The highest BCUT2D eigenvalue weighted by molar-refractivity contribution is 5.85. The molecule has 0 bridgehead atoms. The van der Waals surface area contributed by atoms with Gasteiger partial charge in [0.1, 0.15) is 5.82 Å². The van der Waals surface area contributed by atoms with Crippen molar-refractivity contribution in [3.8, 4) is 0 Å². The molecule has 0 amide bonds. The zero-order chi connectivity index (χ0) is 21.2. The SMILES string of the molecule is CCCCCCCC(O)(c1ccc(F)cc1)C(CN1CCOCC1)c1ccccc1.Cl. The molecular weight excluding hydrogens is 413 g/mol. The van der Waals surface area contributed by atoms with E-state index in [9.17, 15) is 9.50 Å². The second-order valence-corrected chi connectivity index (χ2v) is 8.47. The van der Waals surface area contributed by atoms with Gasteiger partial charge in [0.2, 0.25) is 0 Å². The standard InChI is InChI=1S/C26H36FNO2.ClH/c1-2-3-4-5-9-16-26(29,23-12-14-24(27)15-13-23)25(22-10-7-6-8-11-22)21-28-17-19-30-20-18-28;/h6-8,10-15,25,29H,2-5,9,16-21H2,1H3;1H. The molecule has 0 spiro atoms. The van der Waals surface area contributed by atoms with Crippen LogP contribution in [0.15, 0.2) is 54.6 Å². The van der Waals surface area contributed by atoms with Crippen molar-refractivity contribution in [3.63, 3.8) is 0 Å². The third-order valence-corrected chi connectivity index (χ3v) is 6.33. The molecule has 0 aromatic heterocycles. The Labute approximate surface area is 193 Å². The lowest BCUT2D eigenvalue weighted by Crippen LogP contribution is -2.45. The molecule has 1 aliphatic heterocycles. The van der Waals surface area contributed by atoms with Crippen LogP contribution >= 0.6 is 12.4 Å². The quantitative estimate of drug-likeness (QED) is 0.433. The summed E-state index contributed by atoms with van der Waals surface area (Å²) in [5.41, 5.74) is 0.894. The molecule has 2 aromatic carbocycles. The smallest absolute Gasteiger partial charge is 0.123 e. The highest BCUT2D eigenvalue weighted by atomic mass is 35.5. The lowest BCUT2D eigenvalue weighted by molar-refractivity contribution is -0.0296. The lowest BCUT2D eigenvalue weighted by atomic mass is 9.74. The molecule has 0 saturated carbocycles. The van der Waals surface area contributed by atoms with Crippen molar-refractivity contribution in [2.24, 2.45) is 0 Å². The monoisotopic (exact) mass is 449 g/mol. The second-order valence-electron chi connectivity index (χ2n) is 8.47. The Morgan fingerprint density at radius 1 is 0.968 bits per heavy atom. The van der Waals surface area contributed by atoms with E-state index in [1.54, 1.807) is 12.1 Å². The summed E-state index contributed by atoms with van der Waals surface area (Å²) in [4.78, 5) is 2.38. The molecule has 3 rings (SSSR count). The number of morpholine rings is 1. The first-order chi connectivity index (χ1) is 14.6. The molecule has 172 valence electrons. The normalized spacial score (nSPS) is 17.5. The van der Waals surface area contributed by atoms with Crippen molar-refractivity contribution >= 4 is 12.4 Å². The number of nitrogens with zero attached hydrogens (tertiary/aromatic N) is 1. The molecule has 3 nitrogen and oxygen atoms in total. The summed E-state index contributed by atoms with van der Waals surface area (Å²) < 4.78 is 19.2. The number of halogens is 2. The largest absolute Gasteiger partial charge is 0.384 e.